The summed E-state index contributed by atoms with van der Waals surface area (Å²) in [4.78, 5) is 162. The van der Waals surface area contributed by atoms with E-state index in [1.165, 1.54) is 91.9 Å². The number of amides is 5. The van der Waals surface area contributed by atoms with Crippen LogP contribution in [-0.2, 0) is 118 Å². The summed E-state index contributed by atoms with van der Waals surface area (Å²) < 4.78 is 110. The van der Waals surface area contributed by atoms with E-state index in [1.807, 2.05) is 0 Å². The van der Waals surface area contributed by atoms with Crippen LogP contribution in [0.2, 0.25) is 0 Å². The third kappa shape index (κ3) is 27.3. The lowest BCUT2D eigenvalue weighted by Gasteiger charge is -2.48. The summed E-state index contributed by atoms with van der Waals surface area (Å²) in [5.41, 5.74) is 2.52. The number of hydrogen-bond acceptors (Lipinski definition) is 28. The van der Waals surface area contributed by atoms with Crippen molar-refractivity contribution in [2.24, 2.45) is 0 Å². The molecule has 5 N–H and O–H groups in total. The maximum absolute atomic E-state index is 15.6. The van der Waals surface area contributed by atoms with E-state index in [-0.39, 0.29) is 60.9 Å². The van der Waals surface area contributed by atoms with E-state index >= 15 is 24.0 Å². The third-order valence-corrected chi connectivity index (χ3v) is 21.4. The molecule has 1 saturated carbocycles. The zero-order valence-corrected chi connectivity index (χ0v) is 71.6. The molecule has 10 aromatic rings. The van der Waals surface area contributed by atoms with Crippen molar-refractivity contribution in [1.82, 2.24) is 26.6 Å². The van der Waals surface area contributed by atoms with E-state index in [0.29, 0.717) is 27.8 Å². The van der Waals surface area contributed by atoms with Gasteiger partial charge in [-0.15, -0.1) is 0 Å². The zero-order valence-electron chi connectivity index (χ0n) is 71.6. The molecule has 4 aliphatic rings. The van der Waals surface area contributed by atoms with Crippen molar-refractivity contribution in [3.63, 3.8) is 0 Å². The summed E-state index contributed by atoms with van der Waals surface area (Å²) in [6.45, 7) is -2.39. The van der Waals surface area contributed by atoms with E-state index in [0.717, 1.165) is 0 Å². The van der Waals surface area contributed by atoms with Gasteiger partial charge in [-0.3, -0.25) is 4.79 Å². The van der Waals surface area contributed by atoms with E-state index < -0.39 is 197 Å². The lowest BCUT2D eigenvalue weighted by Crippen LogP contribution is -2.69. The number of nitrogens with one attached hydrogen (secondary N) is 5. The molecule has 3 aliphatic heterocycles. The maximum Gasteiger partial charge on any atom is 0.408 e. The number of carbonyl (C=O) groups excluding carboxylic acids is 11. The molecule has 0 radical (unpaired) electrons. The predicted molar refractivity (Wildman–Crippen MR) is 469 cm³/mol. The van der Waals surface area contributed by atoms with Gasteiger partial charge < -0.3 is 107 Å². The maximum atomic E-state index is 15.6. The Bertz CT molecular complexity index is 5520. The molecule has 0 unspecified atom stereocenters. The number of hydrogen-bond donors (Lipinski definition) is 5. The topological polar surface area (TPSA) is 405 Å². The van der Waals surface area contributed by atoms with E-state index in [2.05, 4.69) is 26.6 Å². The molecule has 0 bridgehead atoms. The van der Waals surface area contributed by atoms with Gasteiger partial charge in [0, 0.05) is 6.92 Å². The Labute approximate surface area is 763 Å². The first-order valence-corrected chi connectivity index (χ1v) is 42.7. The van der Waals surface area contributed by atoms with Crippen LogP contribution in [0.15, 0.2) is 315 Å². The van der Waals surface area contributed by atoms with E-state index in [1.54, 1.807) is 231 Å². The molecular weight excluding hydrogens is 1720 g/mol. The van der Waals surface area contributed by atoms with Crippen molar-refractivity contribution < 1.29 is 133 Å². The Morgan fingerprint density at radius 3 is 1.05 bits per heavy atom. The number of rotatable bonds is 35. The van der Waals surface area contributed by atoms with Crippen molar-refractivity contribution >= 4 is 66.3 Å². The molecule has 5 amide bonds. The quantitative estimate of drug-likeness (QED) is 0.0140. The first-order valence-electron chi connectivity index (χ1n) is 42.7. The van der Waals surface area contributed by atoms with Crippen LogP contribution in [0.5, 0.6) is 0 Å². The van der Waals surface area contributed by atoms with Gasteiger partial charge in [-0.25, -0.2) is 47.9 Å². The summed E-state index contributed by atoms with van der Waals surface area (Å²) >= 11 is 0. The molecule has 3 fully saturated rings. The molecule has 1 aliphatic carbocycles. The Hall–Kier alpha value is -15.1. The van der Waals surface area contributed by atoms with Gasteiger partial charge in [0.25, 0.3) is 0 Å². The van der Waals surface area contributed by atoms with Gasteiger partial charge in [0.1, 0.15) is 95.0 Å². The average molecular weight is 1810 g/mol. The second kappa shape index (κ2) is 47.4. The molecule has 33 heteroatoms. The summed E-state index contributed by atoms with van der Waals surface area (Å²) in [7, 11) is 0. The van der Waals surface area contributed by atoms with Crippen molar-refractivity contribution in [3.05, 3.63) is 371 Å². The van der Waals surface area contributed by atoms with Gasteiger partial charge in [0.2, 0.25) is 0 Å². The molecule has 0 spiro atoms. The van der Waals surface area contributed by atoms with Crippen molar-refractivity contribution in [2.45, 2.75) is 150 Å². The summed E-state index contributed by atoms with van der Waals surface area (Å²) in [5, 5.41) is 13.9. The van der Waals surface area contributed by atoms with Gasteiger partial charge >= 0.3 is 66.3 Å². The minimum atomic E-state index is -2.26. The number of esters is 6. The van der Waals surface area contributed by atoms with Crippen LogP contribution in [0.1, 0.15) is 93.0 Å². The summed E-state index contributed by atoms with van der Waals surface area (Å²) in [5.74, 6) is -5.99. The van der Waals surface area contributed by atoms with Gasteiger partial charge in [0.05, 0.1) is 46.4 Å². The minimum Gasteiger partial charge on any atom is -0.463 e. The molecule has 133 heavy (non-hydrogen) atoms. The lowest BCUT2D eigenvalue weighted by molar-refractivity contribution is -0.287. The van der Waals surface area contributed by atoms with Crippen LogP contribution in [-0.4, -0.2) is 190 Å². The second-order valence-corrected chi connectivity index (χ2v) is 30.8. The smallest absolute Gasteiger partial charge is 0.408 e. The highest BCUT2D eigenvalue weighted by molar-refractivity contribution is 5.92. The lowest BCUT2D eigenvalue weighted by atomic mass is 9.83. The number of alkyl carbamates (subject to hydrolysis) is 5. The number of carbonyl (C=O) groups is 11. The first-order chi connectivity index (χ1) is 64.9. The average Bonchev–Trinajstić information content (AvgIpc) is 1.71. The third-order valence-electron chi connectivity index (χ3n) is 21.4. The highest BCUT2D eigenvalue weighted by Crippen LogP contribution is 2.40. The van der Waals surface area contributed by atoms with E-state index in [9.17, 15) is 28.8 Å². The number of benzene rings is 10. The fourth-order valence-corrected chi connectivity index (χ4v) is 14.9. The van der Waals surface area contributed by atoms with Crippen molar-refractivity contribution in [2.75, 3.05) is 19.8 Å². The van der Waals surface area contributed by atoms with E-state index in [4.69, 9.17) is 80.5 Å². The largest absolute Gasteiger partial charge is 0.463 e. The predicted octanol–water partition coefficient (Wildman–Crippen LogP) is 12.7. The van der Waals surface area contributed by atoms with Crippen LogP contribution < -0.4 is 26.6 Å². The highest BCUT2D eigenvalue weighted by atomic mass is 16.8. The van der Waals surface area contributed by atoms with Crippen molar-refractivity contribution in [3.8, 4) is 0 Å². The van der Waals surface area contributed by atoms with Gasteiger partial charge in [-0.05, 0) is 94.9 Å². The standard InChI is InChI=1S/C100H95N5O28/c1-63(106)117-61-74-52-53-75(102-97(113)120-57-65-34-14-3-15-35-65)93(124-74)131-82-77(104-99(115)122-59-67-38-18-5-19-39-67)54-76(103-98(114)121-58-66-36-16-4-17-37-66)81(127-89(108)70-44-24-8-25-45-70)86(82)133-95-87(130-92(111)73-50-30-11-31-51-73)84(79(126-95)62-118-88(107)69-42-22-7-23-43-69)132-94-80(105-100(116)123-60-68-40-20-6-21-41-68)85(129-91(110)72-48-28-10-29-49-72)83(128-90(109)71-46-26-9-27-47-71)78(125-94)55-101-96(112)119-56-64-32-12-2-13-33-64/h2-53,74-87,93-95H,54-62H2,1H3,(H,101,112)(H,102,113)(H,103,114)(H,104,115)(H,105,116)/t74-,75+,76+,77-,78-,79+,80+,81-,82+,83+,84+,85+,86+,87+,93+,94+,95-/m0/s1. The molecule has 0 aromatic heterocycles. The van der Waals surface area contributed by atoms with Crippen LogP contribution >= 0.6 is 0 Å². The van der Waals surface area contributed by atoms with Crippen LogP contribution in [0.4, 0.5) is 24.0 Å². The Morgan fingerprint density at radius 1 is 0.286 bits per heavy atom. The van der Waals surface area contributed by atoms with Gasteiger partial charge in [0.15, 0.2) is 43.3 Å². The molecule has 3 heterocycles. The zero-order chi connectivity index (χ0) is 92.6. The SMILES string of the molecule is CC(=O)OC[C@@H]1C=C[C@@H](NC(=O)OCc2ccccc2)[C@@H](O[C@H]2[C@H](O[C@@H]3O[C@H](COC(=O)c4ccccc4)[C@@H](O[C@H]4O[C@@H](CNC(=O)OCc5ccccc5)[C@@H](OC(=O)c5ccccc5)[C@H](OC(=O)c5ccccc5)[C@H]4NC(=O)OCc4ccccc4)[C@H]3OC(=O)c3ccccc3)[C@@H](OC(=O)c3ccccc3)[C@H](NC(=O)OCc3ccccc3)C[C@@H]2NC(=O)OCc2ccccc2)O1. The minimum absolute atomic E-state index is 0.0163. The summed E-state index contributed by atoms with van der Waals surface area (Å²) in [6.07, 6.45) is -28.4. The first kappa shape index (κ1) is 94.0. The number of ether oxygens (including phenoxy) is 17. The molecular formula is C100H95N5O28. The molecule has 17 atom stereocenters. The molecule has 2 saturated heterocycles. The fraction of sp³-hybridized carbons (Fsp3) is 0.270. The Balaban J connectivity index is 0.940. The molecule has 33 nitrogen and oxygen atoms in total. The van der Waals surface area contributed by atoms with Crippen molar-refractivity contribution in [1.29, 1.82) is 0 Å². The van der Waals surface area contributed by atoms with Crippen LogP contribution in [0, 0.1) is 0 Å². The fourth-order valence-electron chi connectivity index (χ4n) is 14.9. The Morgan fingerprint density at radius 2 is 0.624 bits per heavy atom. The summed E-state index contributed by atoms with van der Waals surface area (Å²) in [6, 6.07) is 74.4. The second-order valence-electron chi connectivity index (χ2n) is 30.8. The van der Waals surface area contributed by atoms with Gasteiger partial charge in [-0.2, -0.15) is 0 Å². The molecule has 688 valence electrons. The van der Waals surface area contributed by atoms with Crippen LogP contribution in [0.3, 0.4) is 0 Å². The van der Waals surface area contributed by atoms with Crippen LogP contribution in [0.25, 0.3) is 0 Å². The highest BCUT2D eigenvalue weighted by Gasteiger charge is 2.60. The normalized spacial score (nSPS) is 22.8. The molecule has 10 aromatic carbocycles. The monoisotopic (exact) mass is 1810 g/mol. The molecule has 14 rings (SSSR count). The Kier molecular flexibility index (Phi) is 33.5. The van der Waals surface area contributed by atoms with Gasteiger partial charge in [-0.1, -0.05) is 255 Å².